The molecule has 0 spiro atoms. The van der Waals surface area contributed by atoms with Gasteiger partial charge < -0.3 is 10.2 Å². The van der Waals surface area contributed by atoms with E-state index in [4.69, 9.17) is 4.74 Å². The van der Waals surface area contributed by atoms with Crippen LogP contribution >= 0.6 is 38.5 Å². The SMILES string of the molecule is CC(C)Oc1c(I)cc(Br)cc1CNNc1ccccc1. The molecule has 0 bridgehead atoms. The van der Waals surface area contributed by atoms with Crippen molar-refractivity contribution in [2.24, 2.45) is 0 Å². The quantitative estimate of drug-likeness (QED) is 0.472. The van der Waals surface area contributed by atoms with Crippen molar-refractivity contribution in [1.82, 2.24) is 5.43 Å². The Balaban J connectivity index is 2.07. The Morgan fingerprint density at radius 2 is 1.90 bits per heavy atom. The fourth-order valence-corrected chi connectivity index (χ4v) is 3.62. The largest absolute Gasteiger partial charge is 0.490 e. The van der Waals surface area contributed by atoms with Gasteiger partial charge >= 0.3 is 0 Å². The normalized spacial score (nSPS) is 10.7. The van der Waals surface area contributed by atoms with Crippen LogP contribution in [0.2, 0.25) is 0 Å². The van der Waals surface area contributed by atoms with E-state index in [-0.39, 0.29) is 6.10 Å². The zero-order valence-corrected chi connectivity index (χ0v) is 15.7. The predicted molar refractivity (Wildman–Crippen MR) is 99.5 cm³/mol. The van der Waals surface area contributed by atoms with Gasteiger partial charge in [-0.25, -0.2) is 5.43 Å². The van der Waals surface area contributed by atoms with Gasteiger partial charge in [-0.2, -0.15) is 0 Å². The Hall–Kier alpha value is -0.790. The molecule has 0 unspecified atom stereocenters. The molecule has 0 radical (unpaired) electrons. The van der Waals surface area contributed by atoms with E-state index in [1.165, 1.54) is 0 Å². The molecule has 0 aliphatic heterocycles. The number of para-hydroxylation sites is 1. The zero-order chi connectivity index (χ0) is 15.2. The van der Waals surface area contributed by atoms with E-state index >= 15 is 0 Å². The van der Waals surface area contributed by atoms with E-state index in [1.54, 1.807) is 0 Å². The van der Waals surface area contributed by atoms with Crippen molar-refractivity contribution >= 4 is 44.2 Å². The summed E-state index contributed by atoms with van der Waals surface area (Å²) in [5.41, 5.74) is 8.57. The zero-order valence-electron chi connectivity index (χ0n) is 12.0. The predicted octanol–water partition coefficient (Wildman–Crippen LogP) is 4.96. The molecule has 0 heterocycles. The smallest absolute Gasteiger partial charge is 0.137 e. The number of hydrogen-bond acceptors (Lipinski definition) is 3. The number of anilines is 1. The molecule has 0 fully saturated rings. The lowest BCUT2D eigenvalue weighted by atomic mass is 10.2. The summed E-state index contributed by atoms with van der Waals surface area (Å²) >= 11 is 5.85. The summed E-state index contributed by atoms with van der Waals surface area (Å²) in [5, 5.41) is 0. The maximum atomic E-state index is 5.94. The molecule has 3 nitrogen and oxygen atoms in total. The third kappa shape index (κ3) is 5.16. The van der Waals surface area contributed by atoms with Gasteiger partial charge in [-0.3, -0.25) is 0 Å². The van der Waals surface area contributed by atoms with Crippen LogP contribution in [0.4, 0.5) is 5.69 Å². The minimum Gasteiger partial charge on any atom is -0.490 e. The lowest BCUT2D eigenvalue weighted by Gasteiger charge is -2.17. The van der Waals surface area contributed by atoms with Crippen LogP contribution < -0.4 is 15.6 Å². The number of halogens is 2. The first-order chi connectivity index (χ1) is 10.1. The first kappa shape index (κ1) is 16.6. The summed E-state index contributed by atoms with van der Waals surface area (Å²) in [7, 11) is 0. The van der Waals surface area contributed by atoms with Crippen LogP contribution in [0.25, 0.3) is 0 Å². The number of hydrogen-bond donors (Lipinski definition) is 2. The Kier molecular flexibility index (Phi) is 6.32. The van der Waals surface area contributed by atoms with Gasteiger partial charge in [-0.15, -0.1) is 0 Å². The molecular weight excluding hydrogens is 443 g/mol. The molecule has 0 saturated heterocycles. The van der Waals surface area contributed by atoms with Crippen molar-refractivity contribution in [2.45, 2.75) is 26.5 Å². The Bertz CT molecular complexity index is 590. The van der Waals surface area contributed by atoms with Crippen molar-refractivity contribution in [1.29, 1.82) is 0 Å². The summed E-state index contributed by atoms with van der Waals surface area (Å²) in [6, 6.07) is 14.2. The standard InChI is InChI=1S/C16H18BrIN2O/c1-11(2)21-16-12(8-13(17)9-15(16)18)10-19-20-14-6-4-3-5-7-14/h3-9,11,19-20H,10H2,1-2H3. The summed E-state index contributed by atoms with van der Waals surface area (Å²) in [4.78, 5) is 0. The molecule has 2 N–H and O–H groups in total. The van der Waals surface area contributed by atoms with E-state index in [2.05, 4.69) is 61.5 Å². The highest BCUT2D eigenvalue weighted by Gasteiger charge is 2.11. The maximum Gasteiger partial charge on any atom is 0.137 e. The van der Waals surface area contributed by atoms with Gasteiger partial charge in [0.2, 0.25) is 0 Å². The minimum atomic E-state index is 0.153. The average Bonchev–Trinajstić information content (AvgIpc) is 2.43. The molecule has 0 atom stereocenters. The molecule has 0 aliphatic rings. The Morgan fingerprint density at radius 3 is 2.57 bits per heavy atom. The fraction of sp³-hybridized carbons (Fsp3) is 0.250. The van der Waals surface area contributed by atoms with Crippen molar-refractivity contribution in [3.05, 3.63) is 56.1 Å². The topological polar surface area (TPSA) is 33.3 Å². The third-order valence-corrected chi connectivity index (χ3v) is 3.98. The molecule has 0 saturated carbocycles. The second kappa shape index (κ2) is 8.00. The summed E-state index contributed by atoms with van der Waals surface area (Å²) in [6.45, 7) is 4.75. The summed E-state index contributed by atoms with van der Waals surface area (Å²) in [5.74, 6) is 0.941. The molecule has 2 rings (SSSR count). The van der Waals surface area contributed by atoms with Crippen molar-refractivity contribution in [3.63, 3.8) is 0 Å². The fourth-order valence-electron chi connectivity index (χ4n) is 1.88. The van der Waals surface area contributed by atoms with Crippen LogP contribution in [0.1, 0.15) is 19.4 Å². The number of rotatable bonds is 6. The van der Waals surface area contributed by atoms with E-state index in [0.29, 0.717) is 6.54 Å². The first-order valence-electron chi connectivity index (χ1n) is 6.74. The molecule has 21 heavy (non-hydrogen) atoms. The highest BCUT2D eigenvalue weighted by Crippen LogP contribution is 2.30. The highest BCUT2D eigenvalue weighted by molar-refractivity contribution is 14.1. The van der Waals surface area contributed by atoms with Gasteiger partial charge in [0.15, 0.2) is 0 Å². The van der Waals surface area contributed by atoms with Crippen LogP contribution in [0.15, 0.2) is 46.9 Å². The number of ether oxygens (including phenoxy) is 1. The second-order valence-electron chi connectivity index (χ2n) is 4.89. The van der Waals surface area contributed by atoms with Crippen LogP contribution in [0, 0.1) is 3.57 Å². The van der Waals surface area contributed by atoms with Crippen molar-refractivity contribution in [3.8, 4) is 5.75 Å². The maximum absolute atomic E-state index is 5.94. The van der Waals surface area contributed by atoms with Crippen LogP contribution in [-0.4, -0.2) is 6.10 Å². The number of nitrogens with one attached hydrogen (secondary N) is 2. The van der Waals surface area contributed by atoms with Crippen molar-refractivity contribution < 1.29 is 4.74 Å². The Labute approximate surface area is 147 Å². The van der Waals surface area contributed by atoms with E-state index in [0.717, 1.165) is 25.0 Å². The van der Waals surface area contributed by atoms with E-state index in [1.807, 2.05) is 44.2 Å². The van der Waals surface area contributed by atoms with Gasteiger partial charge in [0, 0.05) is 22.3 Å². The highest BCUT2D eigenvalue weighted by atomic mass is 127. The van der Waals surface area contributed by atoms with Gasteiger partial charge in [-0.1, -0.05) is 34.1 Å². The summed E-state index contributed by atoms with van der Waals surface area (Å²) in [6.07, 6.45) is 0.153. The molecule has 0 aliphatic carbocycles. The average molecular weight is 461 g/mol. The third-order valence-electron chi connectivity index (χ3n) is 2.72. The van der Waals surface area contributed by atoms with Gasteiger partial charge in [0.1, 0.15) is 5.75 Å². The molecule has 2 aromatic carbocycles. The monoisotopic (exact) mass is 460 g/mol. The number of benzene rings is 2. The van der Waals surface area contributed by atoms with Crippen LogP contribution in [0.5, 0.6) is 5.75 Å². The Morgan fingerprint density at radius 1 is 1.19 bits per heavy atom. The molecule has 0 aromatic heterocycles. The summed E-state index contributed by atoms with van der Waals surface area (Å²) < 4.78 is 8.10. The van der Waals surface area contributed by atoms with E-state index < -0.39 is 0 Å². The van der Waals surface area contributed by atoms with Crippen molar-refractivity contribution in [2.75, 3.05) is 5.43 Å². The second-order valence-corrected chi connectivity index (χ2v) is 6.96. The molecule has 2 aromatic rings. The number of hydrazine groups is 1. The minimum absolute atomic E-state index is 0.153. The molecule has 5 heteroatoms. The van der Waals surface area contributed by atoms with Crippen LogP contribution in [-0.2, 0) is 6.54 Å². The van der Waals surface area contributed by atoms with Gasteiger partial charge in [0.05, 0.1) is 9.67 Å². The molecular formula is C16H18BrIN2O. The lowest BCUT2D eigenvalue weighted by Crippen LogP contribution is -2.22. The van der Waals surface area contributed by atoms with Gasteiger partial charge in [-0.05, 0) is 60.7 Å². The first-order valence-corrected chi connectivity index (χ1v) is 8.62. The molecule has 112 valence electrons. The lowest BCUT2D eigenvalue weighted by molar-refractivity contribution is 0.237. The molecule has 0 amide bonds. The van der Waals surface area contributed by atoms with Crippen LogP contribution in [0.3, 0.4) is 0 Å². The van der Waals surface area contributed by atoms with Gasteiger partial charge in [0.25, 0.3) is 0 Å². The van der Waals surface area contributed by atoms with E-state index in [9.17, 15) is 0 Å².